The lowest BCUT2D eigenvalue weighted by atomic mass is 10.1. The summed E-state index contributed by atoms with van der Waals surface area (Å²) in [6, 6.07) is 8.29. The zero-order valence-corrected chi connectivity index (χ0v) is 9.49. The predicted octanol–water partition coefficient (Wildman–Crippen LogP) is 2.24. The predicted molar refractivity (Wildman–Crippen MR) is 59.9 cm³/mol. The van der Waals surface area contributed by atoms with Gasteiger partial charge >= 0.3 is 6.09 Å². The minimum atomic E-state index is -0.289. The van der Waals surface area contributed by atoms with Gasteiger partial charge in [0.2, 0.25) is 0 Å². The molecular weight excluding hydrogens is 190 g/mol. The van der Waals surface area contributed by atoms with Gasteiger partial charge in [0.25, 0.3) is 0 Å². The Morgan fingerprint density at radius 3 is 2.80 bits per heavy atom. The van der Waals surface area contributed by atoms with E-state index in [9.17, 15) is 4.79 Å². The maximum Gasteiger partial charge on any atom is 0.409 e. The highest BCUT2D eigenvalue weighted by Gasteiger charge is 2.07. The Morgan fingerprint density at radius 1 is 1.47 bits per heavy atom. The first-order valence-corrected chi connectivity index (χ1v) is 4.98. The molecule has 0 unspecified atom stereocenters. The highest BCUT2D eigenvalue weighted by atomic mass is 16.5. The Balaban J connectivity index is 2.47. The monoisotopic (exact) mass is 207 g/mol. The normalized spacial score (nSPS) is 9.80. The number of carbonyl (C=O) groups excluding carboxylic acids is 1. The van der Waals surface area contributed by atoms with Crippen molar-refractivity contribution in [1.29, 1.82) is 0 Å². The fourth-order valence-electron chi connectivity index (χ4n) is 1.41. The fraction of sp³-hybridized carbons (Fsp3) is 0.417. The van der Waals surface area contributed by atoms with E-state index in [1.54, 1.807) is 11.9 Å². The summed E-state index contributed by atoms with van der Waals surface area (Å²) in [6.45, 7) is 2.74. The molecule has 0 atom stereocenters. The van der Waals surface area contributed by atoms with Crippen LogP contribution >= 0.6 is 0 Å². The van der Waals surface area contributed by atoms with Gasteiger partial charge in [0.1, 0.15) is 0 Å². The van der Waals surface area contributed by atoms with Crippen LogP contribution in [0.15, 0.2) is 24.3 Å². The number of rotatable bonds is 3. The molecule has 0 aliphatic carbocycles. The van der Waals surface area contributed by atoms with Gasteiger partial charge in [-0.05, 0) is 18.9 Å². The zero-order chi connectivity index (χ0) is 11.3. The van der Waals surface area contributed by atoms with Crippen LogP contribution in [0.25, 0.3) is 0 Å². The van der Waals surface area contributed by atoms with E-state index in [1.165, 1.54) is 18.2 Å². The van der Waals surface area contributed by atoms with E-state index in [-0.39, 0.29) is 6.09 Å². The van der Waals surface area contributed by atoms with Crippen molar-refractivity contribution < 1.29 is 9.53 Å². The lowest BCUT2D eigenvalue weighted by Crippen LogP contribution is -2.28. The number of amides is 1. The Hall–Kier alpha value is -1.51. The second kappa shape index (κ2) is 5.39. The van der Waals surface area contributed by atoms with Crippen LogP contribution in [0.2, 0.25) is 0 Å². The first-order chi connectivity index (χ1) is 7.13. The Morgan fingerprint density at radius 2 is 2.20 bits per heavy atom. The van der Waals surface area contributed by atoms with Crippen molar-refractivity contribution >= 4 is 6.09 Å². The molecule has 0 bridgehead atoms. The lowest BCUT2D eigenvalue weighted by Gasteiger charge is -2.15. The van der Waals surface area contributed by atoms with Crippen molar-refractivity contribution in [2.45, 2.75) is 13.3 Å². The maximum atomic E-state index is 11.1. The van der Waals surface area contributed by atoms with Gasteiger partial charge < -0.3 is 9.64 Å². The number of hydrogen-bond acceptors (Lipinski definition) is 2. The SMILES string of the molecule is COC(=O)N(C)CCc1cccc(C)c1. The van der Waals surface area contributed by atoms with Crippen LogP contribution < -0.4 is 0 Å². The summed E-state index contributed by atoms with van der Waals surface area (Å²) in [6.07, 6.45) is 0.565. The smallest absolute Gasteiger partial charge is 0.409 e. The largest absolute Gasteiger partial charge is 0.453 e. The molecule has 1 aromatic carbocycles. The van der Waals surface area contributed by atoms with Crippen LogP contribution in [0.3, 0.4) is 0 Å². The van der Waals surface area contributed by atoms with Gasteiger partial charge in [-0.2, -0.15) is 0 Å². The number of aryl methyl sites for hydroxylation is 1. The summed E-state index contributed by atoms with van der Waals surface area (Å²) >= 11 is 0. The van der Waals surface area contributed by atoms with Crippen LogP contribution in [0.4, 0.5) is 4.79 Å². The van der Waals surface area contributed by atoms with Crippen LogP contribution in [-0.2, 0) is 11.2 Å². The highest BCUT2D eigenvalue weighted by Crippen LogP contribution is 2.05. The molecule has 0 N–H and O–H groups in total. The van der Waals surface area contributed by atoms with E-state index >= 15 is 0 Å². The van der Waals surface area contributed by atoms with E-state index in [0.717, 1.165) is 6.42 Å². The molecule has 0 spiro atoms. The second-order valence-corrected chi connectivity index (χ2v) is 3.63. The molecule has 0 radical (unpaired) electrons. The van der Waals surface area contributed by atoms with Gasteiger partial charge in [0.05, 0.1) is 7.11 Å². The maximum absolute atomic E-state index is 11.1. The van der Waals surface area contributed by atoms with Crippen LogP contribution in [0.1, 0.15) is 11.1 Å². The second-order valence-electron chi connectivity index (χ2n) is 3.63. The molecule has 1 rings (SSSR count). The summed E-state index contributed by atoms with van der Waals surface area (Å²) in [7, 11) is 3.13. The quantitative estimate of drug-likeness (QED) is 0.760. The topological polar surface area (TPSA) is 29.5 Å². The first-order valence-electron chi connectivity index (χ1n) is 4.98. The molecular formula is C12H17NO2. The molecule has 0 fully saturated rings. The molecule has 3 nitrogen and oxygen atoms in total. The average Bonchev–Trinajstić information content (AvgIpc) is 2.25. The molecule has 1 amide bonds. The minimum Gasteiger partial charge on any atom is -0.453 e. The number of benzene rings is 1. The summed E-state index contributed by atoms with van der Waals surface area (Å²) in [4.78, 5) is 12.7. The Bertz CT molecular complexity index is 336. The van der Waals surface area contributed by atoms with Gasteiger partial charge in [-0.3, -0.25) is 0 Å². The Kier molecular flexibility index (Phi) is 4.16. The number of methoxy groups -OCH3 is 1. The Labute approximate surface area is 90.7 Å². The number of hydrogen-bond donors (Lipinski definition) is 0. The van der Waals surface area contributed by atoms with E-state index in [1.807, 2.05) is 6.07 Å². The van der Waals surface area contributed by atoms with Gasteiger partial charge in [-0.15, -0.1) is 0 Å². The lowest BCUT2D eigenvalue weighted by molar-refractivity contribution is 0.134. The van der Waals surface area contributed by atoms with Crippen molar-refractivity contribution in [1.82, 2.24) is 4.90 Å². The molecule has 1 aromatic rings. The molecule has 0 saturated heterocycles. The molecule has 15 heavy (non-hydrogen) atoms. The molecule has 0 heterocycles. The number of likely N-dealkylation sites (N-methyl/N-ethyl adjacent to an activating group) is 1. The first kappa shape index (κ1) is 11.6. The van der Waals surface area contributed by atoms with Gasteiger partial charge in [0.15, 0.2) is 0 Å². The fourth-order valence-corrected chi connectivity index (χ4v) is 1.41. The number of nitrogens with zero attached hydrogens (tertiary/aromatic N) is 1. The molecule has 0 aromatic heterocycles. The van der Waals surface area contributed by atoms with Crippen LogP contribution in [-0.4, -0.2) is 31.7 Å². The third-order valence-corrected chi connectivity index (χ3v) is 2.30. The summed E-state index contributed by atoms with van der Waals surface area (Å²) in [5, 5.41) is 0. The summed E-state index contributed by atoms with van der Waals surface area (Å²) in [5.41, 5.74) is 2.49. The van der Waals surface area contributed by atoms with Crippen LogP contribution in [0, 0.1) is 6.92 Å². The van der Waals surface area contributed by atoms with Gasteiger partial charge in [-0.25, -0.2) is 4.79 Å². The third-order valence-electron chi connectivity index (χ3n) is 2.30. The molecule has 3 heteroatoms. The number of ether oxygens (including phenoxy) is 1. The summed E-state index contributed by atoms with van der Waals surface area (Å²) < 4.78 is 4.61. The number of carbonyl (C=O) groups is 1. The molecule has 82 valence electrons. The highest BCUT2D eigenvalue weighted by molar-refractivity contribution is 5.66. The molecule has 0 aliphatic rings. The summed E-state index contributed by atoms with van der Waals surface area (Å²) in [5.74, 6) is 0. The van der Waals surface area contributed by atoms with Crippen molar-refractivity contribution in [3.63, 3.8) is 0 Å². The average molecular weight is 207 g/mol. The van der Waals surface area contributed by atoms with Crippen LogP contribution in [0.5, 0.6) is 0 Å². The van der Waals surface area contributed by atoms with E-state index in [4.69, 9.17) is 0 Å². The van der Waals surface area contributed by atoms with Gasteiger partial charge in [0, 0.05) is 13.6 Å². The van der Waals surface area contributed by atoms with Crippen molar-refractivity contribution in [2.75, 3.05) is 20.7 Å². The van der Waals surface area contributed by atoms with Crippen molar-refractivity contribution in [3.05, 3.63) is 35.4 Å². The minimum absolute atomic E-state index is 0.289. The zero-order valence-electron chi connectivity index (χ0n) is 9.49. The van der Waals surface area contributed by atoms with Crippen molar-refractivity contribution in [3.8, 4) is 0 Å². The third kappa shape index (κ3) is 3.62. The standard InChI is InChI=1S/C12H17NO2/c1-10-5-4-6-11(9-10)7-8-13(2)12(14)15-3/h4-6,9H,7-8H2,1-3H3. The van der Waals surface area contributed by atoms with E-state index < -0.39 is 0 Å². The van der Waals surface area contributed by atoms with E-state index in [2.05, 4.69) is 29.9 Å². The van der Waals surface area contributed by atoms with Gasteiger partial charge in [-0.1, -0.05) is 29.8 Å². The molecule has 0 aliphatic heterocycles. The van der Waals surface area contributed by atoms with E-state index in [0.29, 0.717) is 6.54 Å². The molecule has 0 saturated carbocycles. The van der Waals surface area contributed by atoms with Crippen molar-refractivity contribution in [2.24, 2.45) is 0 Å².